The van der Waals surface area contributed by atoms with E-state index in [2.05, 4.69) is 5.32 Å². The summed E-state index contributed by atoms with van der Waals surface area (Å²) in [5, 5.41) is 4.67. The smallest absolute Gasteiger partial charge is 0.274 e. The number of hydrogen-bond donors (Lipinski definition) is 1. The summed E-state index contributed by atoms with van der Waals surface area (Å²) < 4.78 is 7.24. The van der Waals surface area contributed by atoms with Crippen molar-refractivity contribution in [3.8, 4) is 5.75 Å². The number of hydrogen-bond acceptors (Lipinski definition) is 5. The maximum atomic E-state index is 13.1. The first-order valence-electron chi connectivity index (χ1n) is 11.1. The molecule has 0 aliphatic carbocycles. The molecule has 1 N–H and O–H groups in total. The molecule has 2 aliphatic heterocycles. The number of piperidine rings is 1. The van der Waals surface area contributed by atoms with Gasteiger partial charge in [0, 0.05) is 36.1 Å². The summed E-state index contributed by atoms with van der Waals surface area (Å²) in [6, 6.07) is 16.6. The molecule has 2 amide bonds. The lowest BCUT2D eigenvalue weighted by atomic mass is 9.83. The fraction of sp³-hybridized carbons (Fsp3) is 0.320. The molecule has 1 aromatic carbocycles. The van der Waals surface area contributed by atoms with E-state index < -0.39 is 0 Å². The molecular formula is C25H25N3O4S. The number of para-hydroxylation sites is 1. The van der Waals surface area contributed by atoms with Gasteiger partial charge >= 0.3 is 0 Å². The Balaban J connectivity index is 1.26. The molecule has 33 heavy (non-hydrogen) atoms. The van der Waals surface area contributed by atoms with E-state index in [1.54, 1.807) is 34.1 Å². The van der Waals surface area contributed by atoms with Crippen LogP contribution in [0.5, 0.6) is 5.75 Å². The molecule has 0 radical (unpaired) electrons. The molecule has 7 nitrogen and oxygen atoms in total. The topological polar surface area (TPSA) is 80.6 Å². The predicted molar refractivity (Wildman–Crippen MR) is 127 cm³/mol. The van der Waals surface area contributed by atoms with Gasteiger partial charge in [-0.05, 0) is 48.1 Å². The standard InChI is InChI=1S/C25H25N3O4S/c29-23(16-32-19-5-2-1-3-6-19)26-21-8-9-22-18-11-17(14-28(22)25(21)31)13-27(15-18)24(30)12-20-7-4-10-33-20/h1-10,17-18H,11-16H2,(H,26,29). The highest BCUT2D eigenvalue weighted by Gasteiger charge is 2.36. The zero-order valence-electron chi connectivity index (χ0n) is 18.1. The normalized spacial score (nSPS) is 19.0. The molecule has 2 atom stereocenters. The lowest BCUT2D eigenvalue weighted by molar-refractivity contribution is -0.133. The number of nitrogens with one attached hydrogen (secondary N) is 1. The number of thiophene rings is 1. The number of carbonyl (C=O) groups excluding carboxylic acids is 2. The molecule has 2 unspecified atom stereocenters. The van der Waals surface area contributed by atoms with Gasteiger partial charge in [-0.15, -0.1) is 11.3 Å². The van der Waals surface area contributed by atoms with E-state index in [9.17, 15) is 14.4 Å². The minimum atomic E-state index is -0.377. The third kappa shape index (κ3) is 4.71. The summed E-state index contributed by atoms with van der Waals surface area (Å²) in [5.74, 6) is 0.723. The van der Waals surface area contributed by atoms with Crippen LogP contribution in [0.1, 0.15) is 22.9 Å². The van der Waals surface area contributed by atoms with Crippen molar-refractivity contribution in [2.24, 2.45) is 5.92 Å². The maximum Gasteiger partial charge on any atom is 0.274 e. The summed E-state index contributed by atoms with van der Waals surface area (Å²) in [6.45, 7) is 1.67. The zero-order valence-corrected chi connectivity index (χ0v) is 18.9. The second-order valence-electron chi connectivity index (χ2n) is 8.59. The summed E-state index contributed by atoms with van der Waals surface area (Å²) in [7, 11) is 0. The number of fused-ring (bicyclic) bond motifs is 4. The molecule has 170 valence electrons. The summed E-state index contributed by atoms with van der Waals surface area (Å²) >= 11 is 1.60. The number of ether oxygens (including phenoxy) is 1. The Kier molecular flexibility index (Phi) is 6.00. The van der Waals surface area contributed by atoms with Gasteiger partial charge in [0.25, 0.3) is 11.5 Å². The summed E-state index contributed by atoms with van der Waals surface area (Å²) in [4.78, 5) is 41.3. The van der Waals surface area contributed by atoms with Gasteiger partial charge in [0.15, 0.2) is 6.61 Å². The Hall–Kier alpha value is -3.39. The number of amides is 2. The average molecular weight is 464 g/mol. The van der Waals surface area contributed by atoms with Gasteiger partial charge in [-0.1, -0.05) is 24.3 Å². The molecule has 3 aromatic rings. The van der Waals surface area contributed by atoms with Gasteiger partial charge < -0.3 is 19.5 Å². The highest BCUT2D eigenvalue weighted by atomic mass is 32.1. The zero-order chi connectivity index (χ0) is 22.8. The van der Waals surface area contributed by atoms with Crippen LogP contribution in [-0.2, 0) is 22.6 Å². The Morgan fingerprint density at radius 2 is 1.88 bits per heavy atom. The lowest BCUT2D eigenvalue weighted by Crippen LogP contribution is -2.49. The monoisotopic (exact) mass is 463 g/mol. The number of anilines is 1. The van der Waals surface area contributed by atoms with Crippen molar-refractivity contribution in [2.45, 2.75) is 25.3 Å². The summed E-state index contributed by atoms with van der Waals surface area (Å²) in [5.41, 5.74) is 0.989. The van der Waals surface area contributed by atoms with E-state index in [0.717, 1.165) is 17.0 Å². The van der Waals surface area contributed by atoms with Crippen molar-refractivity contribution in [3.63, 3.8) is 0 Å². The molecule has 1 fully saturated rings. The molecule has 4 heterocycles. The average Bonchev–Trinajstić information content (AvgIpc) is 3.33. The Bertz CT molecular complexity index is 1210. The van der Waals surface area contributed by atoms with Gasteiger partial charge in [-0.2, -0.15) is 0 Å². The number of aromatic nitrogens is 1. The van der Waals surface area contributed by atoms with Crippen molar-refractivity contribution in [2.75, 3.05) is 25.0 Å². The molecule has 2 aromatic heterocycles. The van der Waals surface area contributed by atoms with Crippen LogP contribution in [0.15, 0.2) is 64.8 Å². The Morgan fingerprint density at radius 3 is 2.67 bits per heavy atom. The quantitative estimate of drug-likeness (QED) is 0.609. The van der Waals surface area contributed by atoms with Crippen LogP contribution in [0, 0.1) is 5.92 Å². The molecule has 0 spiro atoms. The van der Waals surface area contributed by atoms with Crippen molar-refractivity contribution >= 4 is 28.8 Å². The molecule has 2 aliphatic rings. The number of pyridine rings is 1. The largest absolute Gasteiger partial charge is 0.484 e. The van der Waals surface area contributed by atoms with Crippen LogP contribution in [-0.4, -0.2) is 41.0 Å². The van der Waals surface area contributed by atoms with E-state index in [0.29, 0.717) is 31.8 Å². The van der Waals surface area contributed by atoms with Gasteiger partial charge in [-0.3, -0.25) is 14.4 Å². The van der Waals surface area contributed by atoms with Crippen LogP contribution in [0.3, 0.4) is 0 Å². The fourth-order valence-electron chi connectivity index (χ4n) is 4.77. The highest BCUT2D eigenvalue weighted by Crippen LogP contribution is 2.35. The van der Waals surface area contributed by atoms with Crippen LogP contribution in [0.2, 0.25) is 0 Å². The van der Waals surface area contributed by atoms with E-state index in [4.69, 9.17) is 4.74 Å². The van der Waals surface area contributed by atoms with Crippen molar-refractivity contribution < 1.29 is 14.3 Å². The second-order valence-corrected chi connectivity index (χ2v) is 9.62. The van der Waals surface area contributed by atoms with Crippen LogP contribution < -0.4 is 15.6 Å². The third-order valence-electron chi connectivity index (χ3n) is 6.25. The number of benzene rings is 1. The van der Waals surface area contributed by atoms with Crippen LogP contribution in [0.4, 0.5) is 5.69 Å². The number of rotatable bonds is 6. The van der Waals surface area contributed by atoms with E-state index in [1.165, 1.54) is 0 Å². The van der Waals surface area contributed by atoms with E-state index >= 15 is 0 Å². The Morgan fingerprint density at radius 1 is 1.03 bits per heavy atom. The lowest BCUT2D eigenvalue weighted by Gasteiger charge is -2.43. The molecule has 5 rings (SSSR count). The SMILES string of the molecule is O=C(COc1ccccc1)Nc1ccc2n(c1=O)CC1CC2CN(C(=O)Cc2cccs2)C1. The number of carbonyl (C=O) groups is 2. The first-order valence-corrected chi connectivity index (χ1v) is 12.0. The third-order valence-corrected chi connectivity index (χ3v) is 7.13. The Labute approximate surface area is 195 Å². The number of nitrogens with zero attached hydrogens (tertiary/aromatic N) is 2. The van der Waals surface area contributed by atoms with Crippen LogP contribution in [0.25, 0.3) is 0 Å². The molecule has 8 heteroatoms. The molecule has 1 saturated heterocycles. The van der Waals surface area contributed by atoms with Crippen molar-refractivity contribution in [1.82, 2.24) is 9.47 Å². The number of likely N-dealkylation sites (tertiary alicyclic amines) is 1. The van der Waals surface area contributed by atoms with Crippen LogP contribution >= 0.6 is 11.3 Å². The first kappa shape index (κ1) is 21.5. The van der Waals surface area contributed by atoms with Gasteiger partial charge in [-0.25, -0.2) is 0 Å². The fourth-order valence-corrected chi connectivity index (χ4v) is 5.47. The maximum absolute atomic E-state index is 13.1. The molecule has 2 bridgehead atoms. The minimum absolute atomic E-state index is 0.128. The second kappa shape index (κ2) is 9.23. The van der Waals surface area contributed by atoms with Gasteiger partial charge in [0.1, 0.15) is 11.4 Å². The van der Waals surface area contributed by atoms with Gasteiger partial charge in [0.2, 0.25) is 5.91 Å². The van der Waals surface area contributed by atoms with E-state index in [-0.39, 0.29) is 41.5 Å². The first-order chi connectivity index (χ1) is 16.1. The van der Waals surface area contributed by atoms with Crippen molar-refractivity contribution in [1.29, 1.82) is 0 Å². The molecular weight excluding hydrogens is 438 g/mol. The highest BCUT2D eigenvalue weighted by molar-refractivity contribution is 7.10. The van der Waals surface area contributed by atoms with Crippen molar-refractivity contribution in [3.05, 3.63) is 80.9 Å². The summed E-state index contributed by atoms with van der Waals surface area (Å²) in [6.07, 6.45) is 1.40. The van der Waals surface area contributed by atoms with E-state index in [1.807, 2.05) is 46.7 Å². The molecule has 0 saturated carbocycles. The predicted octanol–water partition coefficient (Wildman–Crippen LogP) is 3.12. The van der Waals surface area contributed by atoms with Gasteiger partial charge in [0.05, 0.1) is 6.42 Å². The minimum Gasteiger partial charge on any atom is -0.484 e.